The quantitative estimate of drug-likeness (QED) is 0.767. The number of carbonyl (C=O) groups excluding carboxylic acids is 1. The normalized spacial score (nSPS) is 17.9. The molecule has 2 amide bonds. The molecule has 0 radical (unpaired) electrons. The maximum Gasteiger partial charge on any atom is 0.319 e. The van der Waals surface area contributed by atoms with E-state index in [0.29, 0.717) is 18.2 Å². The third-order valence-electron chi connectivity index (χ3n) is 3.40. The monoisotopic (exact) mass is 251 g/mol. The van der Waals surface area contributed by atoms with Crippen molar-refractivity contribution in [2.24, 2.45) is 11.7 Å². The number of nitrogens with two attached hydrogens (primary N) is 1. The Hall–Kier alpha value is -1.62. The zero-order valence-corrected chi connectivity index (χ0v) is 10.4. The summed E-state index contributed by atoms with van der Waals surface area (Å²) in [5, 5.41) is 5.57. The van der Waals surface area contributed by atoms with E-state index in [1.165, 1.54) is 24.3 Å². The fraction of sp³-hybridized carbons (Fsp3) is 0.462. The van der Waals surface area contributed by atoms with Crippen LogP contribution in [0.4, 0.5) is 14.9 Å². The predicted molar refractivity (Wildman–Crippen MR) is 68.7 cm³/mol. The second-order valence-corrected chi connectivity index (χ2v) is 4.98. The summed E-state index contributed by atoms with van der Waals surface area (Å²) in [5.41, 5.74) is 5.92. The molecule has 0 aromatic heterocycles. The van der Waals surface area contributed by atoms with Gasteiger partial charge in [0.1, 0.15) is 5.82 Å². The van der Waals surface area contributed by atoms with E-state index in [4.69, 9.17) is 5.73 Å². The van der Waals surface area contributed by atoms with E-state index in [1.54, 1.807) is 0 Å². The van der Waals surface area contributed by atoms with Crippen LogP contribution in [0.3, 0.4) is 0 Å². The molecular formula is C13H18FN3O. The molecule has 1 aromatic carbocycles. The summed E-state index contributed by atoms with van der Waals surface area (Å²) in [7, 11) is 0. The molecule has 1 saturated carbocycles. The average molecular weight is 251 g/mol. The Kier molecular flexibility index (Phi) is 3.52. The van der Waals surface area contributed by atoms with Gasteiger partial charge < -0.3 is 16.4 Å². The molecule has 4 N–H and O–H groups in total. The zero-order chi connectivity index (χ0) is 13.2. The van der Waals surface area contributed by atoms with E-state index in [9.17, 15) is 9.18 Å². The number of carbonyl (C=O) groups is 1. The van der Waals surface area contributed by atoms with Gasteiger partial charge in [0.2, 0.25) is 0 Å². The van der Waals surface area contributed by atoms with E-state index >= 15 is 0 Å². The van der Waals surface area contributed by atoms with Gasteiger partial charge in [-0.15, -0.1) is 0 Å². The van der Waals surface area contributed by atoms with E-state index < -0.39 is 0 Å². The molecule has 1 aromatic rings. The average Bonchev–Trinajstić information content (AvgIpc) is 3.16. The molecule has 4 nitrogen and oxygen atoms in total. The van der Waals surface area contributed by atoms with Gasteiger partial charge in [-0.3, -0.25) is 0 Å². The Morgan fingerprint density at radius 1 is 1.44 bits per heavy atom. The van der Waals surface area contributed by atoms with Crippen LogP contribution in [0.15, 0.2) is 24.3 Å². The summed E-state index contributed by atoms with van der Waals surface area (Å²) in [6.45, 7) is 2.36. The van der Waals surface area contributed by atoms with Crippen LogP contribution in [0.1, 0.15) is 19.8 Å². The first-order chi connectivity index (χ1) is 8.53. The van der Waals surface area contributed by atoms with Gasteiger partial charge in [0.05, 0.1) is 5.54 Å². The zero-order valence-electron chi connectivity index (χ0n) is 10.4. The minimum absolute atomic E-state index is 0.304. The smallest absolute Gasteiger partial charge is 0.319 e. The second kappa shape index (κ2) is 4.94. The number of amides is 2. The molecule has 1 unspecified atom stereocenters. The van der Waals surface area contributed by atoms with Crippen LogP contribution in [0.2, 0.25) is 0 Å². The highest BCUT2D eigenvalue weighted by molar-refractivity contribution is 5.89. The first-order valence-corrected chi connectivity index (χ1v) is 6.08. The molecule has 98 valence electrons. The van der Waals surface area contributed by atoms with Crippen LogP contribution < -0.4 is 16.4 Å². The Morgan fingerprint density at radius 3 is 2.56 bits per heavy atom. The summed E-state index contributed by atoms with van der Waals surface area (Å²) in [4.78, 5) is 11.8. The summed E-state index contributed by atoms with van der Waals surface area (Å²) in [6.07, 6.45) is 2.20. The van der Waals surface area contributed by atoms with Crippen molar-refractivity contribution in [2.75, 3.05) is 11.9 Å². The van der Waals surface area contributed by atoms with Crippen molar-refractivity contribution in [3.63, 3.8) is 0 Å². The van der Waals surface area contributed by atoms with Crippen LogP contribution in [-0.2, 0) is 0 Å². The van der Waals surface area contributed by atoms with Gasteiger partial charge in [-0.1, -0.05) is 0 Å². The van der Waals surface area contributed by atoms with Crippen molar-refractivity contribution < 1.29 is 9.18 Å². The fourth-order valence-corrected chi connectivity index (χ4v) is 2.00. The van der Waals surface area contributed by atoms with Crippen molar-refractivity contribution >= 4 is 11.7 Å². The molecule has 0 aliphatic heterocycles. The maximum atomic E-state index is 12.7. The summed E-state index contributed by atoms with van der Waals surface area (Å²) in [6, 6.07) is 5.34. The first kappa shape index (κ1) is 12.8. The van der Waals surface area contributed by atoms with Crippen LogP contribution in [0.25, 0.3) is 0 Å². The van der Waals surface area contributed by atoms with E-state index in [1.807, 2.05) is 6.92 Å². The lowest BCUT2D eigenvalue weighted by Crippen LogP contribution is -2.54. The van der Waals surface area contributed by atoms with E-state index in [0.717, 1.165) is 12.8 Å². The molecular weight excluding hydrogens is 233 g/mol. The van der Waals surface area contributed by atoms with Gasteiger partial charge in [-0.2, -0.15) is 0 Å². The van der Waals surface area contributed by atoms with Gasteiger partial charge in [0.25, 0.3) is 0 Å². The topological polar surface area (TPSA) is 67.1 Å². The lowest BCUT2D eigenvalue weighted by atomic mass is 9.96. The standard InChI is InChI=1S/C13H18FN3O/c1-13(8-15,9-2-3-9)17-12(18)16-11-6-4-10(14)5-7-11/h4-7,9H,2-3,8,15H2,1H3,(H2,16,17,18). The molecule has 0 bridgehead atoms. The van der Waals surface area contributed by atoms with Crippen LogP contribution in [-0.4, -0.2) is 18.1 Å². The van der Waals surface area contributed by atoms with Gasteiger partial charge in [-0.25, -0.2) is 9.18 Å². The fourth-order valence-electron chi connectivity index (χ4n) is 2.00. The number of hydrogen-bond donors (Lipinski definition) is 3. The molecule has 5 heteroatoms. The number of hydrogen-bond acceptors (Lipinski definition) is 2. The Bertz CT molecular complexity index is 430. The highest BCUT2D eigenvalue weighted by Crippen LogP contribution is 2.38. The predicted octanol–water partition coefficient (Wildman–Crippen LogP) is 2.07. The second-order valence-electron chi connectivity index (χ2n) is 4.98. The minimum Gasteiger partial charge on any atom is -0.331 e. The van der Waals surface area contributed by atoms with Crippen molar-refractivity contribution in [1.29, 1.82) is 0 Å². The number of urea groups is 1. The Balaban J connectivity index is 1.93. The molecule has 1 aliphatic rings. The lowest BCUT2D eigenvalue weighted by molar-refractivity contribution is 0.234. The third-order valence-corrected chi connectivity index (χ3v) is 3.40. The Morgan fingerprint density at radius 2 is 2.06 bits per heavy atom. The maximum absolute atomic E-state index is 12.7. The number of halogens is 1. The summed E-state index contributed by atoms with van der Waals surface area (Å²) < 4.78 is 12.7. The molecule has 18 heavy (non-hydrogen) atoms. The number of benzene rings is 1. The van der Waals surface area contributed by atoms with Crippen LogP contribution in [0, 0.1) is 11.7 Å². The van der Waals surface area contributed by atoms with Crippen LogP contribution >= 0.6 is 0 Å². The van der Waals surface area contributed by atoms with Crippen molar-refractivity contribution in [2.45, 2.75) is 25.3 Å². The van der Waals surface area contributed by atoms with E-state index in [2.05, 4.69) is 10.6 Å². The number of rotatable bonds is 4. The molecule has 1 atom stereocenters. The molecule has 1 fully saturated rings. The number of nitrogens with one attached hydrogen (secondary N) is 2. The van der Waals surface area contributed by atoms with E-state index in [-0.39, 0.29) is 17.4 Å². The van der Waals surface area contributed by atoms with Gasteiger partial charge in [0.15, 0.2) is 0 Å². The summed E-state index contributed by atoms with van der Waals surface area (Å²) >= 11 is 0. The molecule has 0 saturated heterocycles. The van der Waals surface area contributed by atoms with Crippen molar-refractivity contribution in [1.82, 2.24) is 5.32 Å². The van der Waals surface area contributed by atoms with Gasteiger partial charge in [0, 0.05) is 12.2 Å². The SMILES string of the molecule is CC(CN)(NC(=O)Nc1ccc(F)cc1)C1CC1. The third kappa shape index (κ3) is 2.98. The molecule has 0 spiro atoms. The minimum atomic E-state index is -0.357. The van der Waals surface area contributed by atoms with Crippen LogP contribution in [0.5, 0.6) is 0 Å². The summed E-state index contributed by atoms with van der Waals surface area (Å²) in [5.74, 6) is 0.132. The lowest BCUT2D eigenvalue weighted by Gasteiger charge is -2.29. The Labute approximate surface area is 106 Å². The molecule has 2 rings (SSSR count). The van der Waals surface area contributed by atoms with Crippen molar-refractivity contribution in [3.05, 3.63) is 30.1 Å². The number of anilines is 1. The highest BCUT2D eigenvalue weighted by Gasteiger charge is 2.41. The molecule has 1 aliphatic carbocycles. The van der Waals surface area contributed by atoms with Gasteiger partial charge >= 0.3 is 6.03 Å². The first-order valence-electron chi connectivity index (χ1n) is 6.08. The largest absolute Gasteiger partial charge is 0.331 e. The highest BCUT2D eigenvalue weighted by atomic mass is 19.1. The van der Waals surface area contributed by atoms with Gasteiger partial charge in [-0.05, 0) is 49.9 Å². The molecule has 0 heterocycles. The van der Waals surface area contributed by atoms with Crippen molar-refractivity contribution in [3.8, 4) is 0 Å².